The van der Waals surface area contributed by atoms with Crippen molar-refractivity contribution in [3.05, 3.63) is 35.9 Å². The fraction of sp³-hybridized carbons (Fsp3) is 0.500. The Hall–Kier alpha value is -1.34. The molecule has 0 spiro atoms. The quantitative estimate of drug-likeness (QED) is 0.545. The second-order valence-electron chi connectivity index (χ2n) is 4.16. The van der Waals surface area contributed by atoms with Crippen molar-refractivity contribution in [2.24, 2.45) is 0 Å². The van der Waals surface area contributed by atoms with Gasteiger partial charge in [-0.2, -0.15) is 0 Å². The van der Waals surface area contributed by atoms with Gasteiger partial charge in [0.1, 0.15) is 0 Å². The lowest BCUT2D eigenvalue weighted by Gasteiger charge is -2.03. The molecule has 0 saturated carbocycles. The topological polar surface area (TPSA) is 30.5 Å². The zero-order valence-corrected chi connectivity index (χ0v) is 11.7. The summed E-state index contributed by atoms with van der Waals surface area (Å²) in [6, 6.07) is 10.0. The van der Waals surface area contributed by atoms with Gasteiger partial charge in [-0.3, -0.25) is 0 Å². The van der Waals surface area contributed by atoms with Crippen molar-refractivity contribution < 1.29 is 9.47 Å². The van der Waals surface area contributed by atoms with Gasteiger partial charge in [0.05, 0.1) is 19.8 Å². The second-order valence-corrected chi connectivity index (χ2v) is 4.16. The molecule has 0 atom stereocenters. The monoisotopic (exact) mass is 261 g/mol. The minimum atomic E-state index is 0.674. The van der Waals surface area contributed by atoms with Gasteiger partial charge in [-0.05, 0) is 31.5 Å². The van der Waals surface area contributed by atoms with Crippen LogP contribution in [0, 0.1) is 11.8 Å². The van der Waals surface area contributed by atoms with E-state index in [2.05, 4.69) is 17.2 Å². The van der Waals surface area contributed by atoms with E-state index in [4.69, 9.17) is 9.47 Å². The Morgan fingerprint density at radius 2 is 1.89 bits per heavy atom. The van der Waals surface area contributed by atoms with Crippen LogP contribution in [0.15, 0.2) is 30.3 Å². The highest BCUT2D eigenvalue weighted by Gasteiger charge is 1.89. The largest absolute Gasteiger partial charge is 0.382 e. The van der Waals surface area contributed by atoms with Crippen LogP contribution in [0.25, 0.3) is 0 Å². The summed E-state index contributed by atoms with van der Waals surface area (Å²) in [6.45, 7) is 3.89. The van der Waals surface area contributed by atoms with Crippen LogP contribution >= 0.6 is 0 Å². The van der Waals surface area contributed by atoms with Crippen LogP contribution < -0.4 is 5.32 Å². The van der Waals surface area contributed by atoms with Gasteiger partial charge in [0, 0.05) is 19.3 Å². The molecule has 0 amide bonds. The summed E-state index contributed by atoms with van der Waals surface area (Å²) in [7, 11) is 1.68. The average Bonchev–Trinajstić information content (AvgIpc) is 2.46. The zero-order chi connectivity index (χ0) is 13.6. The molecule has 1 aromatic carbocycles. The van der Waals surface area contributed by atoms with E-state index in [-0.39, 0.29) is 0 Å². The molecule has 0 fully saturated rings. The number of ether oxygens (including phenoxy) is 2. The smallest absolute Gasteiger partial charge is 0.0700 e. The highest BCUT2D eigenvalue weighted by Crippen LogP contribution is 1.94. The predicted molar refractivity (Wildman–Crippen MR) is 78.1 cm³/mol. The van der Waals surface area contributed by atoms with Gasteiger partial charge in [0.2, 0.25) is 0 Å². The molecule has 0 bridgehead atoms. The summed E-state index contributed by atoms with van der Waals surface area (Å²) in [4.78, 5) is 0. The molecule has 1 rings (SSSR count). The first-order chi connectivity index (χ1) is 9.43. The maximum absolute atomic E-state index is 5.38. The van der Waals surface area contributed by atoms with Gasteiger partial charge in [0.15, 0.2) is 0 Å². The fourth-order valence-corrected chi connectivity index (χ4v) is 1.52. The Balaban J connectivity index is 1.90. The highest BCUT2D eigenvalue weighted by atomic mass is 16.5. The molecule has 0 aliphatic rings. The molecule has 0 radical (unpaired) electrons. The Kier molecular flexibility index (Phi) is 9.71. The molecule has 104 valence electrons. The molecule has 0 heterocycles. The molecular weight excluding hydrogens is 238 g/mol. The van der Waals surface area contributed by atoms with Crippen molar-refractivity contribution in [2.75, 3.05) is 40.0 Å². The summed E-state index contributed by atoms with van der Waals surface area (Å²) in [5.74, 6) is 6.23. The van der Waals surface area contributed by atoms with Crippen molar-refractivity contribution >= 4 is 0 Å². The van der Waals surface area contributed by atoms with Crippen LogP contribution in [0.5, 0.6) is 0 Å². The lowest BCUT2D eigenvalue weighted by molar-refractivity contribution is 0.0688. The Morgan fingerprint density at radius 3 is 2.68 bits per heavy atom. The average molecular weight is 261 g/mol. The van der Waals surface area contributed by atoms with Crippen molar-refractivity contribution in [1.29, 1.82) is 0 Å². The first-order valence-electron chi connectivity index (χ1n) is 6.75. The van der Waals surface area contributed by atoms with E-state index >= 15 is 0 Å². The van der Waals surface area contributed by atoms with E-state index in [1.165, 1.54) is 0 Å². The maximum atomic E-state index is 5.38. The standard InChI is InChI=1S/C16H23NO2/c1-18-14-15-19-13-6-5-11-17-12-7-10-16-8-3-2-4-9-16/h2-4,8-9,17H,5-6,11-15H2,1H3. The van der Waals surface area contributed by atoms with Gasteiger partial charge in [-0.1, -0.05) is 30.0 Å². The SMILES string of the molecule is COCCOCCCCNCC#Cc1ccccc1. The summed E-state index contributed by atoms with van der Waals surface area (Å²) in [5, 5.41) is 3.30. The van der Waals surface area contributed by atoms with E-state index < -0.39 is 0 Å². The van der Waals surface area contributed by atoms with Crippen LogP contribution in [0.1, 0.15) is 18.4 Å². The van der Waals surface area contributed by atoms with Gasteiger partial charge in [-0.25, -0.2) is 0 Å². The first kappa shape index (κ1) is 15.7. The van der Waals surface area contributed by atoms with E-state index in [1.54, 1.807) is 7.11 Å². The second kappa shape index (κ2) is 11.7. The molecule has 0 saturated heterocycles. The Labute approximate surface area is 116 Å². The highest BCUT2D eigenvalue weighted by molar-refractivity contribution is 5.33. The van der Waals surface area contributed by atoms with Crippen molar-refractivity contribution in [1.82, 2.24) is 5.32 Å². The molecule has 0 aliphatic carbocycles. The van der Waals surface area contributed by atoms with E-state index in [0.29, 0.717) is 13.2 Å². The van der Waals surface area contributed by atoms with Gasteiger partial charge < -0.3 is 14.8 Å². The number of hydrogen-bond acceptors (Lipinski definition) is 3. The van der Waals surface area contributed by atoms with Crippen molar-refractivity contribution in [3.8, 4) is 11.8 Å². The predicted octanol–water partition coefficient (Wildman–Crippen LogP) is 2.07. The lowest BCUT2D eigenvalue weighted by Crippen LogP contribution is -2.16. The van der Waals surface area contributed by atoms with Crippen LogP contribution in [0.3, 0.4) is 0 Å². The van der Waals surface area contributed by atoms with Gasteiger partial charge in [-0.15, -0.1) is 0 Å². The van der Waals surface area contributed by atoms with Crippen LogP contribution in [0.2, 0.25) is 0 Å². The van der Waals surface area contributed by atoms with Crippen LogP contribution in [-0.4, -0.2) is 40.0 Å². The van der Waals surface area contributed by atoms with Crippen molar-refractivity contribution in [3.63, 3.8) is 0 Å². The van der Waals surface area contributed by atoms with Gasteiger partial charge in [0.25, 0.3) is 0 Å². The van der Waals surface area contributed by atoms with Gasteiger partial charge >= 0.3 is 0 Å². The molecule has 1 N–H and O–H groups in total. The minimum Gasteiger partial charge on any atom is -0.382 e. The fourth-order valence-electron chi connectivity index (χ4n) is 1.52. The number of hydrogen-bond donors (Lipinski definition) is 1. The zero-order valence-electron chi connectivity index (χ0n) is 11.7. The number of nitrogens with one attached hydrogen (secondary N) is 1. The first-order valence-corrected chi connectivity index (χ1v) is 6.75. The molecule has 0 unspecified atom stereocenters. The molecule has 1 aromatic rings. The molecule has 3 nitrogen and oxygen atoms in total. The number of benzene rings is 1. The maximum Gasteiger partial charge on any atom is 0.0700 e. The molecule has 0 aliphatic heterocycles. The number of rotatable bonds is 9. The van der Waals surface area contributed by atoms with Crippen LogP contribution in [0.4, 0.5) is 0 Å². The van der Waals surface area contributed by atoms with Crippen molar-refractivity contribution in [2.45, 2.75) is 12.8 Å². The molecule has 19 heavy (non-hydrogen) atoms. The molecular formula is C16H23NO2. The van der Waals surface area contributed by atoms with E-state index in [1.807, 2.05) is 30.3 Å². The summed E-state index contributed by atoms with van der Waals surface area (Å²) >= 11 is 0. The normalized spacial score (nSPS) is 9.95. The third-order valence-corrected chi connectivity index (χ3v) is 2.54. The third kappa shape index (κ3) is 9.26. The van der Waals surface area contributed by atoms with Crippen LogP contribution in [-0.2, 0) is 9.47 Å². The third-order valence-electron chi connectivity index (χ3n) is 2.54. The minimum absolute atomic E-state index is 0.674. The summed E-state index contributed by atoms with van der Waals surface area (Å²) < 4.78 is 10.3. The lowest BCUT2D eigenvalue weighted by atomic mass is 10.2. The Morgan fingerprint density at radius 1 is 1.05 bits per heavy atom. The summed E-state index contributed by atoms with van der Waals surface area (Å²) in [6.07, 6.45) is 2.18. The van der Waals surface area contributed by atoms with E-state index in [0.717, 1.165) is 38.1 Å². The number of methoxy groups -OCH3 is 1. The van der Waals surface area contributed by atoms with E-state index in [9.17, 15) is 0 Å². The molecule has 3 heteroatoms. The Bertz CT molecular complexity index is 367. The summed E-state index contributed by atoms with van der Waals surface area (Å²) in [5.41, 5.74) is 1.07. The molecule has 0 aromatic heterocycles. The number of unbranched alkanes of at least 4 members (excludes halogenated alkanes) is 1.